The van der Waals surface area contributed by atoms with E-state index in [1.165, 1.54) is 34.0 Å². The number of nitrogens with zero attached hydrogens (tertiary/aromatic N) is 1. The minimum Gasteiger partial charge on any atom is -0.512 e. The predicted octanol–water partition coefficient (Wildman–Crippen LogP) is 11.0. The van der Waals surface area contributed by atoms with Crippen LogP contribution >= 0.6 is 0 Å². The topological polar surface area (TPSA) is 50.2 Å². The molecule has 1 aromatic heterocycles. The number of hydrogen-bond acceptors (Lipinski definition) is 3. The molecule has 46 heavy (non-hydrogen) atoms. The Labute approximate surface area is 283 Å². The van der Waals surface area contributed by atoms with Crippen LogP contribution in [0.25, 0.3) is 54.3 Å². The Morgan fingerprint density at radius 1 is 0.804 bits per heavy atom. The molecule has 0 bridgehead atoms. The van der Waals surface area contributed by atoms with Crippen LogP contribution in [0.15, 0.2) is 90.8 Å². The molecule has 7 rings (SSSR count). The fraction of sp³-hybridized carbons (Fsp3) is 0.268. The van der Waals surface area contributed by atoms with Crippen molar-refractivity contribution in [2.45, 2.75) is 60.8 Å². The van der Waals surface area contributed by atoms with Crippen molar-refractivity contribution >= 4 is 48.9 Å². The van der Waals surface area contributed by atoms with Crippen molar-refractivity contribution in [1.82, 2.24) is 4.98 Å². The van der Waals surface area contributed by atoms with Gasteiger partial charge in [-0.2, -0.15) is 0 Å². The van der Waals surface area contributed by atoms with Gasteiger partial charge in [-0.15, -0.1) is 23.6 Å². The van der Waals surface area contributed by atoms with Gasteiger partial charge in [-0.25, -0.2) is 4.39 Å². The third-order valence-electron chi connectivity index (χ3n) is 9.00. The van der Waals surface area contributed by atoms with E-state index < -0.39 is 5.41 Å². The molecule has 0 amide bonds. The Balaban J connectivity index is 0.000000256. The average Bonchev–Trinajstić information content (AvgIpc) is 2.98. The maximum atomic E-state index is 14.6. The molecule has 1 heterocycles. The van der Waals surface area contributed by atoms with Crippen LogP contribution in [-0.2, 0) is 30.3 Å². The molecule has 0 atom stereocenters. The number of aliphatic hydroxyl groups is 1. The number of carbonyl (C=O) groups is 1. The number of benzene rings is 5. The van der Waals surface area contributed by atoms with Crippen molar-refractivity contribution in [3.05, 3.63) is 114 Å². The van der Waals surface area contributed by atoms with E-state index >= 15 is 0 Å². The van der Waals surface area contributed by atoms with Crippen LogP contribution in [0, 0.1) is 22.7 Å². The van der Waals surface area contributed by atoms with E-state index in [2.05, 4.69) is 68.4 Å². The SMILES string of the molecule is CC(C)(C)C(=O)/C=C(\O)C(C)(C)C.CC1(C)c2cc3ccccc3[c-]c2-c2nccc3c2c1cc1c2cccc(F)c2ccc31.[Ir]. The van der Waals surface area contributed by atoms with E-state index in [4.69, 9.17) is 4.98 Å². The Hall–Kier alpha value is -3.92. The van der Waals surface area contributed by atoms with Gasteiger partial charge < -0.3 is 5.11 Å². The zero-order chi connectivity index (χ0) is 32.5. The number of aromatic nitrogens is 1. The molecule has 0 spiro atoms. The van der Waals surface area contributed by atoms with Crippen molar-refractivity contribution in [3.8, 4) is 11.3 Å². The molecule has 5 heteroatoms. The number of hydrogen-bond donors (Lipinski definition) is 1. The number of carbonyl (C=O) groups excluding carboxylic acids is 1. The molecule has 1 aliphatic carbocycles. The smallest absolute Gasteiger partial charge is 0.164 e. The van der Waals surface area contributed by atoms with Crippen molar-refractivity contribution in [1.29, 1.82) is 0 Å². The van der Waals surface area contributed by atoms with Crippen LogP contribution in [0.5, 0.6) is 0 Å². The largest absolute Gasteiger partial charge is 0.512 e. The van der Waals surface area contributed by atoms with Crippen molar-refractivity contribution < 1.29 is 34.4 Å². The van der Waals surface area contributed by atoms with Gasteiger partial charge in [0.2, 0.25) is 0 Å². The van der Waals surface area contributed by atoms with Gasteiger partial charge in [0.05, 0.1) is 0 Å². The fourth-order valence-electron chi connectivity index (χ4n) is 6.14. The molecule has 3 nitrogen and oxygen atoms in total. The first-order chi connectivity index (χ1) is 21.1. The molecule has 0 saturated heterocycles. The quantitative estimate of drug-likeness (QED) is 0.0781. The summed E-state index contributed by atoms with van der Waals surface area (Å²) in [5.41, 5.74) is 3.52. The molecular formula is C41H39FIrNO2-. The molecule has 1 radical (unpaired) electrons. The summed E-state index contributed by atoms with van der Waals surface area (Å²) in [5, 5.41) is 18.0. The first kappa shape index (κ1) is 33.4. The standard InChI is InChI=1S/C30H19FN.C11H20O2.Ir/c1-30(2)25-15-18-7-4-3-6-17(18)14-24(25)29-28-22(12-13-32-29)20-10-11-21-19(8-5-9-27(21)31)23(20)16-26(28)30;1-10(2,3)8(12)7-9(13)11(4,5)6;/h3-13,15-16H,1-2H3;7,12H,1-6H3;/q-1;;/b;8-7-;. The Kier molecular flexibility index (Phi) is 8.51. The fourth-order valence-corrected chi connectivity index (χ4v) is 6.14. The second kappa shape index (κ2) is 11.7. The van der Waals surface area contributed by atoms with E-state index in [1.807, 2.05) is 59.9 Å². The molecule has 1 N–H and O–H groups in total. The van der Waals surface area contributed by atoms with Gasteiger partial charge in [-0.05, 0) is 50.0 Å². The molecule has 0 unspecified atom stereocenters. The summed E-state index contributed by atoms with van der Waals surface area (Å²) in [6, 6.07) is 28.0. The Morgan fingerprint density at radius 3 is 2.17 bits per heavy atom. The summed E-state index contributed by atoms with van der Waals surface area (Å²) in [4.78, 5) is 16.3. The van der Waals surface area contributed by atoms with Crippen molar-refractivity contribution in [2.75, 3.05) is 0 Å². The summed E-state index contributed by atoms with van der Waals surface area (Å²) in [6.45, 7) is 15.7. The number of pyridine rings is 1. The second-order valence-electron chi connectivity index (χ2n) is 14.7. The summed E-state index contributed by atoms with van der Waals surface area (Å²) in [5.74, 6) is -0.0772. The van der Waals surface area contributed by atoms with E-state index in [9.17, 15) is 14.3 Å². The Bertz CT molecular complexity index is 2200. The summed E-state index contributed by atoms with van der Waals surface area (Å²) in [7, 11) is 0. The Morgan fingerprint density at radius 2 is 1.48 bits per heavy atom. The third kappa shape index (κ3) is 5.65. The number of allylic oxidation sites excluding steroid dienone is 2. The monoisotopic (exact) mass is 789 g/mol. The summed E-state index contributed by atoms with van der Waals surface area (Å²) < 4.78 is 14.6. The first-order valence-electron chi connectivity index (χ1n) is 15.4. The molecule has 0 saturated carbocycles. The zero-order valence-corrected chi connectivity index (χ0v) is 30.0. The number of ketones is 1. The first-order valence-corrected chi connectivity index (χ1v) is 15.4. The van der Waals surface area contributed by atoms with Crippen LogP contribution in [0.3, 0.4) is 0 Å². The van der Waals surface area contributed by atoms with E-state index in [0.717, 1.165) is 38.2 Å². The van der Waals surface area contributed by atoms with Gasteiger partial charge in [0.15, 0.2) is 5.78 Å². The van der Waals surface area contributed by atoms with Gasteiger partial charge in [-0.3, -0.25) is 9.78 Å². The maximum absolute atomic E-state index is 14.6. The summed E-state index contributed by atoms with van der Waals surface area (Å²) >= 11 is 0. The molecule has 0 fully saturated rings. The van der Waals surface area contributed by atoms with Crippen LogP contribution in [0.1, 0.15) is 66.5 Å². The number of rotatable bonds is 1. The maximum Gasteiger partial charge on any atom is 0.164 e. The van der Waals surface area contributed by atoms with Gasteiger partial charge in [0, 0.05) is 54.3 Å². The van der Waals surface area contributed by atoms with Gasteiger partial charge >= 0.3 is 0 Å². The van der Waals surface area contributed by atoms with Crippen LogP contribution in [0.4, 0.5) is 4.39 Å². The number of fused-ring (bicyclic) bond motifs is 7. The molecule has 5 aromatic carbocycles. The second-order valence-corrected chi connectivity index (χ2v) is 14.7. The third-order valence-corrected chi connectivity index (χ3v) is 9.00. The molecule has 0 aliphatic heterocycles. The predicted molar refractivity (Wildman–Crippen MR) is 185 cm³/mol. The minimum atomic E-state index is -0.417. The van der Waals surface area contributed by atoms with Crippen LogP contribution < -0.4 is 0 Å². The van der Waals surface area contributed by atoms with E-state index in [0.29, 0.717) is 5.39 Å². The van der Waals surface area contributed by atoms with E-state index in [1.54, 1.807) is 6.07 Å². The van der Waals surface area contributed by atoms with Crippen molar-refractivity contribution in [2.24, 2.45) is 10.8 Å². The normalized spacial score (nSPS) is 14.1. The van der Waals surface area contributed by atoms with Crippen LogP contribution in [0.2, 0.25) is 0 Å². The average molecular weight is 789 g/mol. The molecular weight excluding hydrogens is 750 g/mol. The number of aliphatic hydroxyl groups excluding tert-OH is 1. The van der Waals surface area contributed by atoms with Crippen LogP contribution in [-0.4, -0.2) is 15.9 Å². The minimum absolute atomic E-state index is 0. The molecule has 6 aromatic rings. The number of halogens is 1. The van der Waals surface area contributed by atoms with Gasteiger partial charge in [0.1, 0.15) is 11.6 Å². The molecule has 1 aliphatic rings. The van der Waals surface area contributed by atoms with Crippen molar-refractivity contribution in [3.63, 3.8) is 0 Å². The van der Waals surface area contributed by atoms with Gasteiger partial charge in [0.25, 0.3) is 0 Å². The molecule has 237 valence electrons. The zero-order valence-electron chi connectivity index (χ0n) is 27.6. The summed E-state index contributed by atoms with van der Waals surface area (Å²) in [6.07, 6.45) is 3.22. The van der Waals surface area contributed by atoms with Gasteiger partial charge in [-0.1, -0.05) is 120 Å². The van der Waals surface area contributed by atoms with E-state index in [-0.39, 0.29) is 48.3 Å².